The first-order chi connectivity index (χ1) is 48.9. The van der Waals surface area contributed by atoms with E-state index in [1.54, 1.807) is 0 Å². The summed E-state index contributed by atoms with van der Waals surface area (Å²) in [4.78, 5) is 73.1. The predicted octanol–water partition coefficient (Wildman–Crippen LogP) is 24.7. The number of rotatable bonds is 81. The molecule has 0 fully saturated rings. The van der Waals surface area contributed by atoms with Crippen molar-refractivity contribution in [2.75, 3.05) is 39.6 Å². The van der Waals surface area contributed by atoms with Crippen LogP contribution in [0, 0.1) is 11.8 Å². The Morgan fingerprint density at radius 3 is 0.673 bits per heavy atom. The van der Waals surface area contributed by atoms with Crippen LogP contribution in [0.1, 0.15) is 433 Å². The SMILES string of the molecule is CCCCCCCCCCCCCCCCCCC(=O)OC[C@H](COP(=O)(O)OC[C@@H](O)COP(=O)(O)OC[C@@H](COC(=O)CCCCCCCCCCCCCC)OC(=O)CCCCCCCCCCCCCCC(C)C)OC(=O)CCCCCCCCCCCCCCCCCC(C)C. The number of carbonyl (C=O) groups excluding carboxylic acids is 4. The van der Waals surface area contributed by atoms with E-state index in [0.29, 0.717) is 25.7 Å². The highest BCUT2D eigenvalue weighted by Crippen LogP contribution is 2.45. The fourth-order valence-corrected chi connectivity index (χ4v) is 14.3. The number of hydrogen-bond donors (Lipinski definition) is 3. The fourth-order valence-electron chi connectivity index (χ4n) is 12.7. The van der Waals surface area contributed by atoms with Gasteiger partial charge in [0.05, 0.1) is 26.4 Å². The van der Waals surface area contributed by atoms with Crippen LogP contribution >= 0.6 is 15.6 Å². The first-order valence-electron chi connectivity index (χ1n) is 42.5. The molecule has 3 N–H and O–H groups in total. The number of phosphoric ester groups is 2. The second-order valence-electron chi connectivity index (χ2n) is 30.5. The third kappa shape index (κ3) is 76.1. The van der Waals surface area contributed by atoms with Gasteiger partial charge in [-0.3, -0.25) is 37.3 Å². The number of esters is 4. The van der Waals surface area contributed by atoms with Crippen molar-refractivity contribution >= 4 is 39.5 Å². The van der Waals surface area contributed by atoms with Gasteiger partial charge in [0.15, 0.2) is 12.2 Å². The first kappa shape index (κ1) is 99.1. The molecule has 0 aliphatic heterocycles. The maximum Gasteiger partial charge on any atom is 0.472 e. The molecule has 0 aromatic rings. The van der Waals surface area contributed by atoms with E-state index in [1.165, 1.54) is 250 Å². The van der Waals surface area contributed by atoms with Gasteiger partial charge >= 0.3 is 39.5 Å². The molecule has 5 atom stereocenters. The third-order valence-corrected chi connectivity index (χ3v) is 21.1. The Kier molecular flexibility index (Phi) is 72.2. The lowest BCUT2D eigenvalue weighted by atomic mass is 10.0. The van der Waals surface area contributed by atoms with Crippen molar-refractivity contribution in [2.24, 2.45) is 11.8 Å². The molecule has 0 aromatic heterocycles. The summed E-state index contributed by atoms with van der Waals surface area (Å²) in [6, 6.07) is 0. The summed E-state index contributed by atoms with van der Waals surface area (Å²) in [5.41, 5.74) is 0. The summed E-state index contributed by atoms with van der Waals surface area (Å²) < 4.78 is 68.8. The Morgan fingerprint density at radius 2 is 0.455 bits per heavy atom. The fraction of sp³-hybridized carbons (Fsp3) is 0.951. The monoisotopic (exact) mass is 1480 g/mol. The molecule has 0 aliphatic carbocycles. The number of aliphatic hydroxyl groups is 1. The average molecular weight is 1480 g/mol. The van der Waals surface area contributed by atoms with Crippen molar-refractivity contribution in [3.8, 4) is 0 Å². The van der Waals surface area contributed by atoms with Gasteiger partial charge in [0.1, 0.15) is 19.3 Å². The van der Waals surface area contributed by atoms with Crippen molar-refractivity contribution in [2.45, 2.75) is 452 Å². The van der Waals surface area contributed by atoms with Crippen LogP contribution in [0.15, 0.2) is 0 Å². The van der Waals surface area contributed by atoms with E-state index < -0.39 is 97.5 Å². The highest BCUT2D eigenvalue weighted by atomic mass is 31.2. The number of carbonyl (C=O) groups is 4. The molecule has 17 nitrogen and oxygen atoms in total. The second-order valence-corrected chi connectivity index (χ2v) is 33.4. The summed E-state index contributed by atoms with van der Waals surface area (Å²) >= 11 is 0. The van der Waals surface area contributed by atoms with Gasteiger partial charge in [-0.2, -0.15) is 0 Å². The molecular formula is C82H160O17P2. The highest BCUT2D eigenvalue weighted by molar-refractivity contribution is 7.47. The topological polar surface area (TPSA) is 237 Å². The molecule has 0 aromatic carbocycles. The number of phosphoric acid groups is 2. The Morgan fingerprint density at radius 1 is 0.267 bits per heavy atom. The van der Waals surface area contributed by atoms with Gasteiger partial charge in [-0.1, -0.05) is 382 Å². The van der Waals surface area contributed by atoms with Crippen LogP contribution in [0.25, 0.3) is 0 Å². The molecule has 0 amide bonds. The smallest absolute Gasteiger partial charge is 0.462 e. The molecule has 0 heterocycles. The zero-order valence-electron chi connectivity index (χ0n) is 66.2. The Hall–Kier alpha value is -1.94. The van der Waals surface area contributed by atoms with E-state index in [9.17, 15) is 43.2 Å². The lowest BCUT2D eigenvalue weighted by molar-refractivity contribution is -0.161. The summed E-state index contributed by atoms with van der Waals surface area (Å²) in [5, 5.41) is 10.7. The number of unbranched alkanes of at least 4 members (excludes halogenated alkanes) is 51. The molecule has 600 valence electrons. The molecule has 0 spiro atoms. The van der Waals surface area contributed by atoms with Crippen LogP contribution in [-0.4, -0.2) is 96.7 Å². The maximum atomic E-state index is 13.1. The van der Waals surface area contributed by atoms with Crippen molar-refractivity contribution in [1.29, 1.82) is 0 Å². The number of ether oxygens (including phenoxy) is 4. The molecule has 0 saturated carbocycles. The molecule has 0 aliphatic rings. The Balaban J connectivity index is 5.26. The largest absolute Gasteiger partial charge is 0.472 e. The molecule has 0 bridgehead atoms. The quantitative estimate of drug-likeness (QED) is 0.0222. The minimum atomic E-state index is -4.96. The molecule has 0 saturated heterocycles. The summed E-state index contributed by atoms with van der Waals surface area (Å²) in [7, 11) is -9.92. The predicted molar refractivity (Wildman–Crippen MR) is 414 cm³/mol. The van der Waals surface area contributed by atoms with Gasteiger partial charge in [0.2, 0.25) is 0 Å². The number of hydrogen-bond acceptors (Lipinski definition) is 15. The zero-order valence-corrected chi connectivity index (χ0v) is 68.0. The van der Waals surface area contributed by atoms with Gasteiger partial charge in [-0.15, -0.1) is 0 Å². The van der Waals surface area contributed by atoms with Gasteiger partial charge in [-0.05, 0) is 37.5 Å². The van der Waals surface area contributed by atoms with E-state index >= 15 is 0 Å². The van der Waals surface area contributed by atoms with Crippen molar-refractivity contribution in [3.05, 3.63) is 0 Å². The van der Waals surface area contributed by atoms with E-state index in [-0.39, 0.29) is 25.7 Å². The standard InChI is InChI=1S/C82H160O17P2/c1-7-9-11-13-15-17-19-21-22-25-28-35-41-47-53-59-65-80(85)93-71-78(98-81(86)66-60-54-48-42-36-29-26-23-24-27-32-38-44-50-56-62-74(3)4)73-97-101(90,91)95-69-76(83)68-94-100(88,89)96-72-77(70-92-79(84)64-58-52-46-40-34-20-18-16-14-12-10-8-2)99-82(87)67-61-55-49-43-37-31-30-33-39-45-51-57-63-75(5)6/h74-78,83H,7-73H2,1-6H3,(H,88,89)(H,90,91)/t76-,77+,78+/m0/s1. The lowest BCUT2D eigenvalue weighted by Crippen LogP contribution is -2.30. The summed E-state index contributed by atoms with van der Waals surface area (Å²) in [6.45, 7) is 9.69. The molecule has 0 rings (SSSR count). The first-order valence-corrected chi connectivity index (χ1v) is 45.5. The van der Waals surface area contributed by atoms with Crippen LogP contribution in [0.3, 0.4) is 0 Å². The van der Waals surface area contributed by atoms with Crippen molar-refractivity contribution in [3.63, 3.8) is 0 Å². The minimum absolute atomic E-state index is 0.107. The molecule has 101 heavy (non-hydrogen) atoms. The van der Waals surface area contributed by atoms with E-state index in [1.807, 2.05) is 0 Å². The van der Waals surface area contributed by atoms with Gasteiger partial charge in [0, 0.05) is 25.7 Å². The van der Waals surface area contributed by atoms with Crippen molar-refractivity contribution < 1.29 is 80.2 Å². The molecule has 19 heteroatoms. The van der Waals surface area contributed by atoms with E-state index in [4.69, 9.17) is 37.0 Å². The highest BCUT2D eigenvalue weighted by Gasteiger charge is 2.30. The Bertz CT molecular complexity index is 1940. The van der Waals surface area contributed by atoms with Crippen LogP contribution < -0.4 is 0 Å². The Labute approximate surface area is 619 Å². The zero-order chi connectivity index (χ0) is 74.2. The maximum absolute atomic E-state index is 13.1. The third-order valence-electron chi connectivity index (χ3n) is 19.2. The molecular weight excluding hydrogens is 1320 g/mol. The van der Waals surface area contributed by atoms with Gasteiger partial charge in [0.25, 0.3) is 0 Å². The van der Waals surface area contributed by atoms with Gasteiger partial charge in [-0.25, -0.2) is 9.13 Å². The average Bonchev–Trinajstić information content (AvgIpc) is 1.23. The van der Waals surface area contributed by atoms with Crippen LogP contribution in [-0.2, 0) is 65.4 Å². The molecule has 2 unspecified atom stereocenters. The molecule has 0 radical (unpaired) electrons. The van der Waals surface area contributed by atoms with E-state index in [0.717, 1.165) is 102 Å². The second kappa shape index (κ2) is 73.6. The van der Waals surface area contributed by atoms with Crippen molar-refractivity contribution in [1.82, 2.24) is 0 Å². The van der Waals surface area contributed by atoms with Gasteiger partial charge < -0.3 is 33.8 Å². The van der Waals surface area contributed by atoms with E-state index in [2.05, 4.69) is 41.5 Å². The van der Waals surface area contributed by atoms with Crippen LogP contribution in [0.4, 0.5) is 0 Å². The number of aliphatic hydroxyl groups excluding tert-OH is 1. The van der Waals surface area contributed by atoms with Crippen LogP contribution in [0.5, 0.6) is 0 Å². The normalized spacial score (nSPS) is 13.9. The summed E-state index contributed by atoms with van der Waals surface area (Å²) in [6.07, 6.45) is 63.6. The minimum Gasteiger partial charge on any atom is -0.462 e. The summed E-state index contributed by atoms with van der Waals surface area (Å²) in [5.74, 6) is -0.525. The lowest BCUT2D eigenvalue weighted by Gasteiger charge is -2.21. The van der Waals surface area contributed by atoms with Crippen LogP contribution in [0.2, 0.25) is 0 Å².